The SMILES string of the molecule is CCO[Si](CC)(OCC)OC(C)C1CCCC2OC21. The third-order valence-corrected chi connectivity index (χ3v) is 7.25. The molecule has 0 aromatic rings. The number of rotatable bonds is 8. The van der Waals surface area contributed by atoms with Crippen LogP contribution in [-0.4, -0.2) is 40.3 Å². The summed E-state index contributed by atoms with van der Waals surface area (Å²) in [6.07, 6.45) is 4.77. The standard InChI is InChI=1S/C14H28O4Si/c1-5-15-19(7-3,16-6-2)18-11(4)12-9-8-10-13-14(12)17-13/h11-14H,5-10H2,1-4H3. The average molecular weight is 288 g/mol. The van der Waals surface area contributed by atoms with Crippen LogP contribution in [0, 0.1) is 5.92 Å². The Bertz CT molecular complexity index is 281. The van der Waals surface area contributed by atoms with E-state index in [1.165, 1.54) is 19.3 Å². The number of hydrogen-bond acceptors (Lipinski definition) is 4. The van der Waals surface area contributed by atoms with Gasteiger partial charge in [0.05, 0.1) is 18.3 Å². The van der Waals surface area contributed by atoms with Gasteiger partial charge in [-0.3, -0.25) is 0 Å². The van der Waals surface area contributed by atoms with Gasteiger partial charge >= 0.3 is 8.80 Å². The minimum atomic E-state index is -2.48. The van der Waals surface area contributed by atoms with E-state index in [0.29, 0.717) is 31.3 Å². The number of hydrogen-bond donors (Lipinski definition) is 0. The highest BCUT2D eigenvalue weighted by Crippen LogP contribution is 2.43. The summed E-state index contributed by atoms with van der Waals surface area (Å²) in [7, 11) is -2.48. The van der Waals surface area contributed by atoms with Crippen molar-refractivity contribution >= 4 is 8.80 Å². The van der Waals surface area contributed by atoms with Crippen molar-refractivity contribution in [2.24, 2.45) is 5.92 Å². The maximum Gasteiger partial charge on any atom is 0.500 e. The number of fused-ring (bicyclic) bond motifs is 1. The van der Waals surface area contributed by atoms with Crippen LogP contribution in [0.5, 0.6) is 0 Å². The summed E-state index contributed by atoms with van der Waals surface area (Å²) in [4.78, 5) is 0. The first-order chi connectivity index (χ1) is 9.15. The third-order valence-electron chi connectivity index (χ3n) is 4.20. The van der Waals surface area contributed by atoms with E-state index in [-0.39, 0.29) is 6.10 Å². The molecule has 19 heavy (non-hydrogen) atoms. The highest BCUT2D eigenvalue weighted by Gasteiger charge is 2.51. The van der Waals surface area contributed by atoms with Crippen molar-refractivity contribution in [1.29, 1.82) is 0 Å². The molecule has 4 unspecified atom stereocenters. The lowest BCUT2D eigenvalue weighted by molar-refractivity contribution is 0.00923. The zero-order chi connectivity index (χ0) is 13.9. The summed E-state index contributed by atoms with van der Waals surface area (Å²) in [5, 5.41) is 0. The summed E-state index contributed by atoms with van der Waals surface area (Å²) in [5.41, 5.74) is 0. The fourth-order valence-corrected chi connectivity index (χ4v) is 5.61. The van der Waals surface area contributed by atoms with Gasteiger partial charge in [0.15, 0.2) is 0 Å². The summed E-state index contributed by atoms with van der Waals surface area (Å²) >= 11 is 0. The molecule has 1 aliphatic heterocycles. The Morgan fingerprint density at radius 2 is 1.84 bits per heavy atom. The van der Waals surface area contributed by atoms with Crippen LogP contribution in [0.4, 0.5) is 0 Å². The van der Waals surface area contributed by atoms with Crippen LogP contribution in [0.25, 0.3) is 0 Å². The van der Waals surface area contributed by atoms with Crippen LogP contribution in [0.3, 0.4) is 0 Å². The lowest BCUT2D eigenvalue weighted by Crippen LogP contribution is -2.49. The van der Waals surface area contributed by atoms with Crippen molar-refractivity contribution < 1.29 is 18.0 Å². The van der Waals surface area contributed by atoms with Gasteiger partial charge in [-0.25, -0.2) is 0 Å². The van der Waals surface area contributed by atoms with E-state index >= 15 is 0 Å². The molecule has 5 heteroatoms. The van der Waals surface area contributed by atoms with E-state index in [0.717, 1.165) is 6.04 Å². The average Bonchev–Trinajstić information content (AvgIpc) is 3.18. The molecule has 0 N–H and O–H groups in total. The van der Waals surface area contributed by atoms with Gasteiger partial charge in [0, 0.05) is 25.2 Å². The lowest BCUT2D eigenvalue weighted by Gasteiger charge is -2.34. The monoisotopic (exact) mass is 288 g/mol. The van der Waals surface area contributed by atoms with E-state index in [1.807, 2.05) is 13.8 Å². The van der Waals surface area contributed by atoms with Gasteiger partial charge < -0.3 is 18.0 Å². The smallest absolute Gasteiger partial charge is 0.374 e. The predicted octanol–water partition coefficient (Wildman–Crippen LogP) is 2.99. The normalized spacial score (nSPS) is 31.9. The number of epoxide rings is 1. The highest BCUT2D eigenvalue weighted by atomic mass is 28.4. The van der Waals surface area contributed by atoms with Gasteiger partial charge in [-0.15, -0.1) is 0 Å². The summed E-state index contributed by atoms with van der Waals surface area (Å²) < 4.78 is 23.8. The first-order valence-corrected chi connectivity index (χ1v) is 9.70. The van der Waals surface area contributed by atoms with Crippen LogP contribution in [0.2, 0.25) is 6.04 Å². The fourth-order valence-electron chi connectivity index (χ4n) is 3.19. The Morgan fingerprint density at radius 3 is 2.42 bits per heavy atom. The molecule has 0 aromatic carbocycles. The maximum absolute atomic E-state index is 6.32. The van der Waals surface area contributed by atoms with Crippen molar-refractivity contribution in [3.8, 4) is 0 Å². The van der Waals surface area contributed by atoms with Crippen LogP contribution in [0.1, 0.15) is 47.0 Å². The molecule has 1 heterocycles. The van der Waals surface area contributed by atoms with Crippen molar-refractivity contribution in [3.05, 3.63) is 0 Å². The minimum absolute atomic E-state index is 0.167. The predicted molar refractivity (Wildman–Crippen MR) is 76.0 cm³/mol. The molecular weight excluding hydrogens is 260 g/mol. The molecule has 1 aliphatic carbocycles. The summed E-state index contributed by atoms with van der Waals surface area (Å²) in [6, 6.07) is 0.834. The van der Waals surface area contributed by atoms with Gasteiger partial charge in [0.25, 0.3) is 0 Å². The molecule has 2 aliphatic rings. The maximum atomic E-state index is 6.32. The van der Waals surface area contributed by atoms with Gasteiger partial charge in [0.1, 0.15) is 0 Å². The van der Waals surface area contributed by atoms with Crippen molar-refractivity contribution in [2.75, 3.05) is 13.2 Å². The van der Waals surface area contributed by atoms with Gasteiger partial charge in [-0.2, -0.15) is 0 Å². The molecule has 1 saturated carbocycles. The Balaban J connectivity index is 1.95. The molecule has 4 nitrogen and oxygen atoms in total. The Labute approximate surface area is 118 Å². The molecule has 2 rings (SSSR count). The van der Waals surface area contributed by atoms with E-state index < -0.39 is 8.80 Å². The minimum Gasteiger partial charge on any atom is -0.374 e. The zero-order valence-electron chi connectivity index (χ0n) is 12.7. The lowest BCUT2D eigenvalue weighted by atomic mass is 9.86. The van der Waals surface area contributed by atoms with E-state index in [1.54, 1.807) is 0 Å². The first-order valence-electron chi connectivity index (χ1n) is 7.77. The molecule has 0 amide bonds. The second kappa shape index (κ2) is 6.67. The number of ether oxygens (including phenoxy) is 1. The molecule has 0 bridgehead atoms. The Hall–Kier alpha value is 0.0569. The van der Waals surface area contributed by atoms with Gasteiger partial charge in [-0.05, 0) is 33.6 Å². The van der Waals surface area contributed by atoms with Gasteiger partial charge in [-0.1, -0.05) is 13.3 Å². The van der Waals surface area contributed by atoms with Crippen LogP contribution < -0.4 is 0 Å². The topological polar surface area (TPSA) is 40.2 Å². The molecule has 0 spiro atoms. The molecular formula is C14H28O4Si. The zero-order valence-corrected chi connectivity index (χ0v) is 13.7. The second-order valence-electron chi connectivity index (χ2n) is 5.46. The van der Waals surface area contributed by atoms with Crippen LogP contribution in [0.15, 0.2) is 0 Å². The van der Waals surface area contributed by atoms with Crippen molar-refractivity contribution in [1.82, 2.24) is 0 Å². The Kier molecular flexibility index (Phi) is 5.43. The second-order valence-corrected chi connectivity index (χ2v) is 8.35. The quantitative estimate of drug-likeness (QED) is 0.508. The molecule has 0 radical (unpaired) electrons. The first kappa shape index (κ1) is 15.4. The van der Waals surface area contributed by atoms with E-state index in [9.17, 15) is 0 Å². The molecule has 0 aromatic heterocycles. The fraction of sp³-hybridized carbons (Fsp3) is 1.00. The van der Waals surface area contributed by atoms with Gasteiger partial charge in [0.2, 0.25) is 0 Å². The van der Waals surface area contributed by atoms with E-state index in [4.69, 9.17) is 18.0 Å². The molecule has 2 fully saturated rings. The van der Waals surface area contributed by atoms with Crippen molar-refractivity contribution in [3.63, 3.8) is 0 Å². The van der Waals surface area contributed by atoms with Crippen LogP contribution in [-0.2, 0) is 18.0 Å². The van der Waals surface area contributed by atoms with Crippen molar-refractivity contribution in [2.45, 2.75) is 71.3 Å². The van der Waals surface area contributed by atoms with Crippen LogP contribution >= 0.6 is 0 Å². The highest BCUT2D eigenvalue weighted by molar-refractivity contribution is 6.60. The van der Waals surface area contributed by atoms with E-state index in [2.05, 4.69) is 13.8 Å². The Morgan fingerprint density at radius 1 is 1.16 bits per heavy atom. The molecule has 4 atom stereocenters. The molecule has 112 valence electrons. The largest absolute Gasteiger partial charge is 0.500 e. The summed E-state index contributed by atoms with van der Waals surface area (Å²) in [5.74, 6) is 0.512. The third kappa shape index (κ3) is 3.58. The summed E-state index contributed by atoms with van der Waals surface area (Å²) in [6.45, 7) is 9.57. The molecule has 1 saturated heterocycles.